The van der Waals surface area contributed by atoms with Gasteiger partial charge in [-0.15, -0.1) is 0 Å². The lowest BCUT2D eigenvalue weighted by atomic mass is 9.80. The molecule has 0 saturated carbocycles. The highest BCUT2D eigenvalue weighted by Crippen LogP contribution is 2.53. The van der Waals surface area contributed by atoms with E-state index in [-0.39, 0.29) is 5.41 Å². The maximum Gasteiger partial charge on any atom is 0.143 e. The fraction of sp³-hybridized carbons (Fsp3) is 0.0492. The Kier molecular flexibility index (Phi) is 6.93. The van der Waals surface area contributed by atoms with E-state index in [1.807, 2.05) is 12.1 Å². The topological polar surface area (TPSA) is 26.3 Å². The molecule has 0 saturated heterocycles. The van der Waals surface area contributed by atoms with Crippen LogP contribution in [0.3, 0.4) is 0 Å². The van der Waals surface area contributed by atoms with Crippen molar-refractivity contribution in [2.75, 3.05) is 0 Å². The van der Waals surface area contributed by atoms with E-state index in [2.05, 4.69) is 196 Å². The summed E-state index contributed by atoms with van der Waals surface area (Å²) in [6.45, 7) is 4.78. The van der Waals surface area contributed by atoms with E-state index in [9.17, 15) is 0 Å². The highest BCUT2D eigenvalue weighted by Gasteiger charge is 2.36. The first kappa shape index (κ1) is 34.7. The van der Waals surface area contributed by atoms with Crippen LogP contribution in [0.15, 0.2) is 203 Å². The molecular weight excluding hydrogens is 765 g/mol. The molecule has 1 aliphatic rings. The smallest absolute Gasteiger partial charge is 0.143 e. The van der Waals surface area contributed by atoms with Crippen LogP contribution in [0.25, 0.3) is 131 Å². The summed E-state index contributed by atoms with van der Waals surface area (Å²) in [4.78, 5) is 0. The number of furan rings is 2. The Hall–Kier alpha value is -7.94. The minimum Gasteiger partial charge on any atom is -0.456 e. The summed E-state index contributed by atoms with van der Waals surface area (Å²) < 4.78 is 12.9. The summed E-state index contributed by atoms with van der Waals surface area (Å²) in [5.74, 6) is 0. The Labute approximate surface area is 363 Å². The van der Waals surface area contributed by atoms with E-state index < -0.39 is 0 Å². The van der Waals surface area contributed by atoms with Crippen molar-refractivity contribution in [2.45, 2.75) is 19.3 Å². The summed E-state index contributed by atoms with van der Waals surface area (Å²) in [5.41, 5.74) is 16.2. The zero-order chi connectivity index (χ0) is 41.6. The predicted molar refractivity (Wildman–Crippen MR) is 265 cm³/mol. The molecule has 0 atom stereocenters. The summed E-state index contributed by atoms with van der Waals surface area (Å²) in [6.07, 6.45) is 0. The first-order valence-electron chi connectivity index (χ1n) is 21.9. The van der Waals surface area contributed by atoms with Crippen LogP contribution in [0.5, 0.6) is 0 Å². The second-order valence-corrected chi connectivity index (χ2v) is 17.9. The van der Waals surface area contributed by atoms with Crippen molar-refractivity contribution in [3.8, 4) is 44.5 Å². The van der Waals surface area contributed by atoms with Gasteiger partial charge in [0.2, 0.25) is 0 Å². The van der Waals surface area contributed by atoms with Gasteiger partial charge >= 0.3 is 0 Å². The van der Waals surface area contributed by atoms with Crippen LogP contribution in [0.1, 0.15) is 25.0 Å². The molecule has 0 fully saturated rings. The van der Waals surface area contributed by atoms with Crippen molar-refractivity contribution in [2.24, 2.45) is 0 Å². The molecule has 0 radical (unpaired) electrons. The SMILES string of the molecule is CC1(C)c2cc(-c3ccc4oc5c6cc7c(cc6ccc5c4c3)oc3ccccc37)ccc2-c2ccc(-c3c4ccccc4c(-c4cccc5ccccc45)c4ccccc34)cc21. The largest absolute Gasteiger partial charge is 0.456 e. The van der Waals surface area contributed by atoms with Crippen molar-refractivity contribution in [1.29, 1.82) is 0 Å². The van der Waals surface area contributed by atoms with Gasteiger partial charge in [0, 0.05) is 32.3 Å². The summed E-state index contributed by atoms with van der Waals surface area (Å²) >= 11 is 0. The Balaban J connectivity index is 0.887. The minimum atomic E-state index is -0.209. The normalized spacial score (nSPS) is 13.4. The van der Waals surface area contributed by atoms with Gasteiger partial charge in [-0.05, 0) is 142 Å². The van der Waals surface area contributed by atoms with E-state index in [4.69, 9.17) is 8.83 Å². The standard InChI is InChI=1S/C61H38O2/c1-61(2)53-31-37(36-25-29-56-51(30-36)49-28-23-38-33-57-52(34-50(38)60(49)63-56)43-15-9-10-21-55(43)62-57)22-26-41(53)42-27-24-39(32-54(42)61)58-45-16-5-7-18-47(45)59(48-19-8-6-17-46(48)58)44-20-11-13-35-12-3-4-14-40(35)44/h3-34H,1-2H3. The van der Waals surface area contributed by atoms with Crippen LogP contribution in [0, 0.1) is 0 Å². The fourth-order valence-electron chi connectivity index (χ4n) is 11.2. The van der Waals surface area contributed by atoms with Crippen molar-refractivity contribution in [1.82, 2.24) is 0 Å². The van der Waals surface area contributed by atoms with Crippen LogP contribution in [-0.2, 0) is 5.41 Å². The van der Waals surface area contributed by atoms with Gasteiger partial charge in [0.25, 0.3) is 0 Å². The first-order valence-corrected chi connectivity index (χ1v) is 21.9. The molecule has 2 heteroatoms. The van der Waals surface area contributed by atoms with Crippen molar-refractivity contribution < 1.29 is 8.83 Å². The second kappa shape index (κ2) is 12.6. The van der Waals surface area contributed by atoms with E-state index in [0.29, 0.717) is 0 Å². The number of hydrogen-bond donors (Lipinski definition) is 0. The van der Waals surface area contributed by atoms with Crippen LogP contribution in [-0.4, -0.2) is 0 Å². The maximum atomic E-state index is 6.66. The van der Waals surface area contributed by atoms with E-state index in [1.165, 1.54) is 88.0 Å². The molecule has 0 unspecified atom stereocenters. The summed E-state index contributed by atoms with van der Waals surface area (Å²) in [7, 11) is 0. The zero-order valence-electron chi connectivity index (χ0n) is 34.8. The summed E-state index contributed by atoms with van der Waals surface area (Å²) in [5, 5.41) is 14.3. The highest BCUT2D eigenvalue weighted by atomic mass is 16.3. The van der Waals surface area contributed by atoms with E-state index in [1.54, 1.807) is 0 Å². The molecule has 294 valence electrons. The van der Waals surface area contributed by atoms with Gasteiger partial charge in [-0.25, -0.2) is 0 Å². The molecule has 0 bridgehead atoms. The van der Waals surface area contributed by atoms with Gasteiger partial charge in [-0.3, -0.25) is 0 Å². The van der Waals surface area contributed by atoms with Gasteiger partial charge in [0.15, 0.2) is 0 Å². The molecule has 2 heterocycles. The maximum absolute atomic E-state index is 6.66. The van der Waals surface area contributed by atoms with Gasteiger partial charge in [0.1, 0.15) is 22.3 Å². The Morgan fingerprint density at radius 3 is 1.63 bits per heavy atom. The number of para-hydroxylation sites is 1. The number of hydrogen-bond acceptors (Lipinski definition) is 2. The molecule has 63 heavy (non-hydrogen) atoms. The van der Waals surface area contributed by atoms with Crippen molar-refractivity contribution in [3.05, 3.63) is 205 Å². The Morgan fingerprint density at radius 1 is 0.302 bits per heavy atom. The van der Waals surface area contributed by atoms with Crippen molar-refractivity contribution >= 4 is 87.0 Å². The quantitative estimate of drug-likeness (QED) is 0.166. The minimum absolute atomic E-state index is 0.209. The second-order valence-electron chi connectivity index (χ2n) is 17.9. The van der Waals surface area contributed by atoms with Crippen LogP contribution >= 0.6 is 0 Å². The Bertz CT molecular complexity index is 4060. The third-order valence-electron chi connectivity index (χ3n) is 14.2. The summed E-state index contributed by atoms with van der Waals surface area (Å²) in [6, 6.07) is 71.4. The average molecular weight is 803 g/mol. The zero-order valence-corrected chi connectivity index (χ0v) is 34.8. The molecule has 0 spiro atoms. The molecular formula is C61H38O2. The first-order chi connectivity index (χ1) is 31.0. The van der Waals surface area contributed by atoms with Gasteiger partial charge in [-0.1, -0.05) is 159 Å². The van der Waals surface area contributed by atoms with Crippen molar-refractivity contribution in [3.63, 3.8) is 0 Å². The van der Waals surface area contributed by atoms with Gasteiger partial charge < -0.3 is 8.83 Å². The average Bonchev–Trinajstić information content (AvgIpc) is 3.96. The van der Waals surface area contributed by atoms with Gasteiger partial charge in [0.05, 0.1) is 0 Å². The third-order valence-corrected chi connectivity index (χ3v) is 14.2. The lowest BCUT2D eigenvalue weighted by Crippen LogP contribution is -2.15. The molecule has 2 nitrogen and oxygen atoms in total. The molecule has 11 aromatic carbocycles. The molecule has 0 aliphatic heterocycles. The number of rotatable bonds is 3. The third kappa shape index (κ3) is 4.84. The number of benzene rings is 11. The van der Waals surface area contributed by atoms with E-state index >= 15 is 0 Å². The molecule has 2 aromatic heterocycles. The molecule has 13 aromatic rings. The van der Waals surface area contributed by atoms with Crippen LogP contribution < -0.4 is 0 Å². The van der Waals surface area contributed by atoms with Crippen LogP contribution in [0.2, 0.25) is 0 Å². The molecule has 0 amide bonds. The van der Waals surface area contributed by atoms with Crippen LogP contribution in [0.4, 0.5) is 0 Å². The highest BCUT2D eigenvalue weighted by molar-refractivity contribution is 6.24. The molecule has 14 rings (SSSR count). The molecule has 1 aliphatic carbocycles. The predicted octanol–water partition coefficient (Wildman–Crippen LogP) is 17.4. The Morgan fingerprint density at radius 2 is 0.873 bits per heavy atom. The fourth-order valence-corrected chi connectivity index (χ4v) is 11.2. The lowest BCUT2D eigenvalue weighted by molar-refractivity contribution is 0.661. The number of fused-ring (bicyclic) bond motifs is 14. The molecule has 0 N–H and O–H groups in total. The monoisotopic (exact) mass is 802 g/mol. The lowest BCUT2D eigenvalue weighted by Gasteiger charge is -2.23. The van der Waals surface area contributed by atoms with Gasteiger partial charge in [-0.2, -0.15) is 0 Å². The van der Waals surface area contributed by atoms with E-state index in [0.717, 1.165) is 54.6 Å².